The standard InChI is InChI=1S/C10H8BrClS/c1-6-9(5-12)13-8-4-2-3-7(11)10(6)8/h2-4H,5H2,1H3. The first kappa shape index (κ1) is 9.50. The van der Waals surface area contributed by atoms with Crippen molar-refractivity contribution < 1.29 is 0 Å². The lowest BCUT2D eigenvalue weighted by Gasteiger charge is -1.95. The second kappa shape index (κ2) is 3.60. The monoisotopic (exact) mass is 274 g/mol. The lowest BCUT2D eigenvalue weighted by molar-refractivity contribution is 1.42. The fourth-order valence-electron chi connectivity index (χ4n) is 1.43. The molecule has 0 aliphatic carbocycles. The maximum absolute atomic E-state index is 5.85. The first-order valence-corrected chi connectivity index (χ1v) is 6.11. The van der Waals surface area contributed by atoms with E-state index in [0.29, 0.717) is 5.88 Å². The summed E-state index contributed by atoms with van der Waals surface area (Å²) < 4.78 is 2.47. The summed E-state index contributed by atoms with van der Waals surface area (Å²) in [5.74, 6) is 0.609. The predicted molar refractivity (Wildman–Crippen MR) is 63.8 cm³/mol. The average molecular weight is 276 g/mol. The Morgan fingerprint density at radius 1 is 1.46 bits per heavy atom. The van der Waals surface area contributed by atoms with Crippen LogP contribution in [0, 0.1) is 6.92 Å². The van der Waals surface area contributed by atoms with Crippen LogP contribution >= 0.6 is 38.9 Å². The van der Waals surface area contributed by atoms with Crippen LogP contribution in [-0.4, -0.2) is 0 Å². The Kier molecular flexibility index (Phi) is 2.63. The first-order valence-electron chi connectivity index (χ1n) is 3.96. The molecule has 0 saturated carbocycles. The largest absolute Gasteiger partial charge is 0.139 e. The molecule has 2 aromatic rings. The van der Waals surface area contributed by atoms with E-state index in [1.165, 1.54) is 20.5 Å². The molecule has 13 heavy (non-hydrogen) atoms. The van der Waals surface area contributed by atoms with Gasteiger partial charge in [0.25, 0.3) is 0 Å². The number of hydrogen-bond acceptors (Lipinski definition) is 1. The number of hydrogen-bond donors (Lipinski definition) is 0. The van der Waals surface area contributed by atoms with Crippen molar-refractivity contribution in [1.82, 2.24) is 0 Å². The number of halogens is 2. The van der Waals surface area contributed by atoms with Gasteiger partial charge in [0.2, 0.25) is 0 Å². The van der Waals surface area contributed by atoms with E-state index in [1.54, 1.807) is 11.3 Å². The average Bonchev–Trinajstić information content (AvgIpc) is 2.44. The van der Waals surface area contributed by atoms with Crippen LogP contribution in [-0.2, 0) is 5.88 Å². The van der Waals surface area contributed by atoms with Gasteiger partial charge in [0, 0.05) is 19.4 Å². The molecule has 0 aliphatic rings. The zero-order valence-corrected chi connectivity index (χ0v) is 10.3. The SMILES string of the molecule is Cc1c(CCl)sc2cccc(Br)c12. The quantitative estimate of drug-likeness (QED) is 0.661. The van der Waals surface area contributed by atoms with Crippen LogP contribution in [0.4, 0.5) is 0 Å². The minimum atomic E-state index is 0.609. The normalized spacial score (nSPS) is 11.0. The van der Waals surface area contributed by atoms with E-state index >= 15 is 0 Å². The second-order valence-electron chi connectivity index (χ2n) is 2.90. The van der Waals surface area contributed by atoms with Gasteiger partial charge >= 0.3 is 0 Å². The Balaban J connectivity index is 2.85. The molecule has 2 rings (SSSR count). The molecule has 0 radical (unpaired) electrons. The van der Waals surface area contributed by atoms with Crippen LogP contribution in [0.15, 0.2) is 22.7 Å². The molecule has 0 bridgehead atoms. The summed E-state index contributed by atoms with van der Waals surface area (Å²) in [6.07, 6.45) is 0. The van der Waals surface area contributed by atoms with Crippen LogP contribution < -0.4 is 0 Å². The van der Waals surface area contributed by atoms with Gasteiger partial charge in [0.05, 0.1) is 5.88 Å². The number of alkyl halides is 1. The number of benzene rings is 1. The predicted octanol–water partition coefficient (Wildman–Crippen LogP) is 4.71. The van der Waals surface area contributed by atoms with E-state index in [9.17, 15) is 0 Å². The zero-order chi connectivity index (χ0) is 9.42. The van der Waals surface area contributed by atoms with Gasteiger partial charge in [-0.1, -0.05) is 22.0 Å². The fraction of sp³-hybridized carbons (Fsp3) is 0.200. The summed E-state index contributed by atoms with van der Waals surface area (Å²) in [4.78, 5) is 1.27. The summed E-state index contributed by atoms with van der Waals surface area (Å²) in [6.45, 7) is 2.13. The number of thiophene rings is 1. The van der Waals surface area contributed by atoms with Crippen molar-refractivity contribution >= 4 is 49.0 Å². The molecule has 0 nitrogen and oxygen atoms in total. The van der Waals surface area contributed by atoms with Gasteiger partial charge < -0.3 is 0 Å². The lowest BCUT2D eigenvalue weighted by Crippen LogP contribution is -1.75. The molecule has 1 heterocycles. The maximum Gasteiger partial charge on any atom is 0.0571 e. The molecule has 0 N–H and O–H groups in total. The highest BCUT2D eigenvalue weighted by Gasteiger charge is 2.09. The minimum Gasteiger partial charge on any atom is -0.139 e. The number of aryl methyl sites for hydroxylation is 1. The minimum absolute atomic E-state index is 0.609. The molecule has 3 heteroatoms. The van der Waals surface area contributed by atoms with Crippen molar-refractivity contribution in [3.8, 4) is 0 Å². The Hall–Kier alpha value is -0.0500. The zero-order valence-electron chi connectivity index (χ0n) is 7.10. The highest BCUT2D eigenvalue weighted by atomic mass is 79.9. The van der Waals surface area contributed by atoms with E-state index < -0.39 is 0 Å². The van der Waals surface area contributed by atoms with Gasteiger partial charge in [-0.05, 0) is 24.6 Å². The molecule has 1 aromatic carbocycles. The Morgan fingerprint density at radius 2 is 2.23 bits per heavy atom. The third-order valence-electron chi connectivity index (χ3n) is 2.12. The Bertz CT molecular complexity index is 447. The molecule has 0 fully saturated rings. The first-order chi connectivity index (χ1) is 6.24. The summed E-state index contributed by atoms with van der Waals surface area (Å²) in [7, 11) is 0. The number of fused-ring (bicyclic) bond motifs is 1. The Labute approximate surface area is 94.7 Å². The highest BCUT2D eigenvalue weighted by Crippen LogP contribution is 2.36. The van der Waals surface area contributed by atoms with Crippen LogP contribution in [0.1, 0.15) is 10.4 Å². The van der Waals surface area contributed by atoms with Crippen molar-refractivity contribution in [3.63, 3.8) is 0 Å². The van der Waals surface area contributed by atoms with E-state index in [1.807, 2.05) is 0 Å². The van der Waals surface area contributed by atoms with Gasteiger partial charge in [-0.2, -0.15) is 0 Å². The highest BCUT2D eigenvalue weighted by molar-refractivity contribution is 9.10. The van der Waals surface area contributed by atoms with Crippen molar-refractivity contribution in [2.24, 2.45) is 0 Å². The van der Waals surface area contributed by atoms with E-state index in [2.05, 4.69) is 41.1 Å². The van der Waals surface area contributed by atoms with Gasteiger partial charge in [-0.3, -0.25) is 0 Å². The maximum atomic E-state index is 5.85. The Morgan fingerprint density at radius 3 is 2.85 bits per heavy atom. The molecule has 0 atom stereocenters. The van der Waals surface area contributed by atoms with Crippen LogP contribution in [0.2, 0.25) is 0 Å². The molecule has 0 amide bonds. The second-order valence-corrected chi connectivity index (χ2v) is 5.16. The number of rotatable bonds is 1. The molecular formula is C10H8BrClS. The van der Waals surface area contributed by atoms with Crippen molar-refractivity contribution in [3.05, 3.63) is 33.1 Å². The third kappa shape index (κ3) is 1.51. The summed E-state index contributed by atoms with van der Waals surface area (Å²) in [5.41, 5.74) is 1.31. The summed E-state index contributed by atoms with van der Waals surface area (Å²) in [5, 5.41) is 1.31. The summed E-state index contributed by atoms with van der Waals surface area (Å²) >= 11 is 11.2. The third-order valence-corrected chi connectivity index (χ3v) is 4.47. The molecule has 0 saturated heterocycles. The summed E-state index contributed by atoms with van der Waals surface area (Å²) in [6, 6.07) is 6.26. The molecule has 0 spiro atoms. The lowest BCUT2D eigenvalue weighted by atomic mass is 10.1. The van der Waals surface area contributed by atoms with Crippen LogP contribution in [0.25, 0.3) is 10.1 Å². The van der Waals surface area contributed by atoms with Gasteiger partial charge in [0.15, 0.2) is 0 Å². The molecule has 0 unspecified atom stereocenters. The van der Waals surface area contributed by atoms with Crippen LogP contribution in [0.3, 0.4) is 0 Å². The van der Waals surface area contributed by atoms with E-state index in [0.717, 1.165) is 4.47 Å². The smallest absolute Gasteiger partial charge is 0.0571 e. The molecule has 0 aliphatic heterocycles. The van der Waals surface area contributed by atoms with Crippen molar-refractivity contribution in [2.75, 3.05) is 0 Å². The van der Waals surface area contributed by atoms with Crippen LogP contribution in [0.5, 0.6) is 0 Å². The molecule has 68 valence electrons. The van der Waals surface area contributed by atoms with E-state index in [4.69, 9.17) is 11.6 Å². The van der Waals surface area contributed by atoms with Gasteiger partial charge in [-0.15, -0.1) is 22.9 Å². The molecule has 1 aromatic heterocycles. The topological polar surface area (TPSA) is 0 Å². The fourth-order valence-corrected chi connectivity index (χ4v) is 3.68. The molecular weight excluding hydrogens is 268 g/mol. The van der Waals surface area contributed by atoms with Crippen molar-refractivity contribution in [1.29, 1.82) is 0 Å². The van der Waals surface area contributed by atoms with Gasteiger partial charge in [0.1, 0.15) is 0 Å². The van der Waals surface area contributed by atoms with E-state index in [-0.39, 0.29) is 0 Å². The van der Waals surface area contributed by atoms with Gasteiger partial charge in [-0.25, -0.2) is 0 Å². The van der Waals surface area contributed by atoms with Crippen molar-refractivity contribution in [2.45, 2.75) is 12.8 Å².